The van der Waals surface area contributed by atoms with E-state index in [1.807, 2.05) is 0 Å². The molecule has 3 nitrogen and oxygen atoms in total. The second-order valence-corrected chi connectivity index (χ2v) is 3.15. The Kier molecular flexibility index (Phi) is 1.75. The van der Waals surface area contributed by atoms with Crippen LogP contribution in [-0.2, 0) is 0 Å². The summed E-state index contributed by atoms with van der Waals surface area (Å²) in [5.41, 5.74) is 0.118. The van der Waals surface area contributed by atoms with Crippen molar-refractivity contribution >= 4 is 0 Å². The van der Waals surface area contributed by atoms with Crippen LogP contribution in [0.5, 0.6) is 0 Å². The summed E-state index contributed by atoms with van der Waals surface area (Å²) in [5.74, 6) is 0. The first kappa shape index (κ1) is 6.99. The molecule has 0 atom stereocenters. The minimum atomic E-state index is 0.118. The van der Waals surface area contributed by atoms with E-state index in [2.05, 4.69) is 36.4 Å². The molecule has 0 bridgehead atoms. The fourth-order valence-electron chi connectivity index (χ4n) is 0.784. The summed E-state index contributed by atoms with van der Waals surface area (Å²) in [4.78, 5) is 2.19. The fraction of sp³-hybridized carbons (Fsp3) is 1.00. The van der Waals surface area contributed by atoms with Crippen LogP contribution in [0.4, 0.5) is 0 Å². The maximum atomic E-state index is 3.32. The van der Waals surface area contributed by atoms with Crippen molar-refractivity contribution in [3.8, 4) is 0 Å². The van der Waals surface area contributed by atoms with Crippen molar-refractivity contribution in [3.63, 3.8) is 0 Å². The highest BCUT2D eigenvalue weighted by molar-refractivity contribution is 4.77. The van der Waals surface area contributed by atoms with Crippen LogP contribution in [0.1, 0.15) is 13.8 Å². The Morgan fingerprint density at radius 3 is 2.00 bits per heavy atom. The molecule has 1 fully saturated rings. The summed E-state index contributed by atoms with van der Waals surface area (Å²) in [5, 5.41) is 6.65. The summed E-state index contributed by atoms with van der Waals surface area (Å²) < 4.78 is 0. The highest BCUT2D eigenvalue weighted by atomic mass is 15.4. The van der Waals surface area contributed by atoms with E-state index in [0.29, 0.717) is 0 Å². The number of rotatable bonds is 0. The zero-order valence-corrected chi connectivity index (χ0v) is 6.36. The minimum absolute atomic E-state index is 0.118. The van der Waals surface area contributed by atoms with Gasteiger partial charge >= 0.3 is 0 Å². The quantitative estimate of drug-likeness (QED) is 0.473. The Morgan fingerprint density at radius 1 is 1.22 bits per heavy atom. The number of nitrogens with zero attached hydrogens (tertiary/aromatic N) is 1. The minimum Gasteiger partial charge on any atom is -0.287 e. The largest absolute Gasteiger partial charge is 0.287 e. The smallest absolute Gasteiger partial charge is 0.0648 e. The van der Waals surface area contributed by atoms with Crippen LogP contribution in [0.25, 0.3) is 0 Å². The highest BCUT2D eigenvalue weighted by Gasteiger charge is 2.20. The molecule has 9 heavy (non-hydrogen) atoms. The number of hydrogen-bond donors (Lipinski definition) is 2. The van der Waals surface area contributed by atoms with Gasteiger partial charge in [-0.3, -0.25) is 15.5 Å². The lowest BCUT2D eigenvalue weighted by atomic mass is 10.2. The van der Waals surface area contributed by atoms with Gasteiger partial charge in [0.05, 0.1) is 19.0 Å². The third-order valence-electron chi connectivity index (χ3n) is 1.58. The first-order valence-corrected chi connectivity index (χ1v) is 3.29. The predicted molar refractivity (Wildman–Crippen MR) is 37.8 cm³/mol. The van der Waals surface area contributed by atoms with Gasteiger partial charge in [-0.1, -0.05) is 0 Å². The van der Waals surface area contributed by atoms with Crippen LogP contribution in [0, 0.1) is 0 Å². The summed E-state index contributed by atoms with van der Waals surface area (Å²) in [6.45, 7) is 6.22. The maximum Gasteiger partial charge on any atom is 0.0648 e. The molecular formula is C6H15N3. The molecule has 54 valence electrons. The zero-order valence-electron chi connectivity index (χ0n) is 6.36. The van der Waals surface area contributed by atoms with E-state index in [0.717, 1.165) is 13.3 Å². The molecule has 0 spiro atoms. The summed E-state index contributed by atoms with van der Waals surface area (Å²) >= 11 is 0. The normalized spacial score (nSPS) is 28.3. The average molecular weight is 129 g/mol. The molecule has 2 N–H and O–H groups in total. The van der Waals surface area contributed by atoms with Gasteiger partial charge in [0.15, 0.2) is 0 Å². The first-order chi connectivity index (χ1) is 4.10. The van der Waals surface area contributed by atoms with E-state index in [-0.39, 0.29) is 5.66 Å². The van der Waals surface area contributed by atoms with Crippen LogP contribution in [0.15, 0.2) is 0 Å². The van der Waals surface area contributed by atoms with Crippen molar-refractivity contribution in [3.05, 3.63) is 0 Å². The van der Waals surface area contributed by atoms with Crippen LogP contribution >= 0.6 is 0 Å². The van der Waals surface area contributed by atoms with E-state index >= 15 is 0 Å². The molecule has 0 amide bonds. The van der Waals surface area contributed by atoms with Gasteiger partial charge in [0.2, 0.25) is 0 Å². The second kappa shape index (κ2) is 2.25. The van der Waals surface area contributed by atoms with Crippen molar-refractivity contribution in [2.45, 2.75) is 19.5 Å². The Bertz CT molecular complexity index is 90.5. The van der Waals surface area contributed by atoms with Crippen molar-refractivity contribution in [2.75, 3.05) is 20.4 Å². The average Bonchev–Trinajstić information content (AvgIpc) is 1.78. The topological polar surface area (TPSA) is 27.3 Å². The molecule has 0 aromatic heterocycles. The van der Waals surface area contributed by atoms with Crippen LogP contribution in [0.2, 0.25) is 0 Å². The van der Waals surface area contributed by atoms with Crippen LogP contribution in [-0.4, -0.2) is 30.9 Å². The Balaban J connectivity index is 2.35. The standard InChI is InChI=1S/C6H15N3/c1-6(2)7-4-9(3)5-8-6/h7-8H,4-5H2,1-3H3. The Hall–Kier alpha value is -0.120. The van der Waals surface area contributed by atoms with Gasteiger partial charge < -0.3 is 0 Å². The molecular weight excluding hydrogens is 114 g/mol. The van der Waals surface area contributed by atoms with E-state index in [1.54, 1.807) is 0 Å². The van der Waals surface area contributed by atoms with Crippen molar-refractivity contribution in [1.29, 1.82) is 0 Å². The molecule has 0 unspecified atom stereocenters. The van der Waals surface area contributed by atoms with Gasteiger partial charge in [-0.25, -0.2) is 0 Å². The monoisotopic (exact) mass is 129 g/mol. The van der Waals surface area contributed by atoms with Gasteiger partial charge in [-0.15, -0.1) is 0 Å². The number of nitrogens with one attached hydrogen (secondary N) is 2. The van der Waals surface area contributed by atoms with Crippen molar-refractivity contribution in [2.24, 2.45) is 0 Å². The summed E-state index contributed by atoms with van der Waals surface area (Å²) in [6.07, 6.45) is 0. The predicted octanol–water partition coefficient (Wildman–Crippen LogP) is -0.238. The van der Waals surface area contributed by atoms with Gasteiger partial charge in [-0.05, 0) is 20.9 Å². The molecule has 1 aliphatic heterocycles. The molecule has 3 heteroatoms. The van der Waals surface area contributed by atoms with E-state index in [4.69, 9.17) is 0 Å². The lowest BCUT2D eigenvalue weighted by molar-refractivity contribution is 0.134. The Labute approximate surface area is 56.4 Å². The molecule has 0 aromatic carbocycles. The SMILES string of the molecule is CN1CNC(C)(C)NC1. The number of hydrogen-bond acceptors (Lipinski definition) is 3. The summed E-state index contributed by atoms with van der Waals surface area (Å²) in [7, 11) is 2.08. The molecule has 1 aliphatic rings. The third-order valence-corrected chi connectivity index (χ3v) is 1.58. The molecule has 0 radical (unpaired) electrons. The molecule has 0 aromatic rings. The van der Waals surface area contributed by atoms with Gasteiger partial charge in [0.1, 0.15) is 0 Å². The molecule has 0 aliphatic carbocycles. The first-order valence-electron chi connectivity index (χ1n) is 3.29. The van der Waals surface area contributed by atoms with E-state index in [1.165, 1.54) is 0 Å². The second-order valence-electron chi connectivity index (χ2n) is 3.15. The lowest BCUT2D eigenvalue weighted by Crippen LogP contribution is -2.62. The van der Waals surface area contributed by atoms with E-state index in [9.17, 15) is 0 Å². The lowest BCUT2D eigenvalue weighted by Gasteiger charge is -2.37. The van der Waals surface area contributed by atoms with Crippen molar-refractivity contribution < 1.29 is 0 Å². The van der Waals surface area contributed by atoms with Crippen molar-refractivity contribution in [1.82, 2.24) is 15.5 Å². The third kappa shape index (κ3) is 1.93. The van der Waals surface area contributed by atoms with Gasteiger partial charge in [0, 0.05) is 0 Å². The zero-order chi connectivity index (χ0) is 6.91. The molecule has 1 heterocycles. The Morgan fingerprint density at radius 2 is 1.67 bits per heavy atom. The molecule has 1 saturated heterocycles. The maximum absolute atomic E-state index is 3.32. The van der Waals surface area contributed by atoms with Gasteiger partial charge in [-0.2, -0.15) is 0 Å². The van der Waals surface area contributed by atoms with Crippen LogP contribution < -0.4 is 10.6 Å². The van der Waals surface area contributed by atoms with Gasteiger partial charge in [0.25, 0.3) is 0 Å². The van der Waals surface area contributed by atoms with E-state index < -0.39 is 0 Å². The van der Waals surface area contributed by atoms with Crippen LogP contribution in [0.3, 0.4) is 0 Å². The summed E-state index contributed by atoms with van der Waals surface area (Å²) in [6, 6.07) is 0. The molecule has 1 rings (SSSR count). The molecule has 0 saturated carbocycles. The highest BCUT2D eigenvalue weighted by Crippen LogP contribution is 1.99. The fourth-order valence-corrected chi connectivity index (χ4v) is 0.784.